The molecule has 2 rings (SSSR count). The van der Waals surface area contributed by atoms with Crippen molar-refractivity contribution in [1.82, 2.24) is 14.8 Å². The van der Waals surface area contributed by atoms with Gasteiger partial charge in [-0.15, -0.1) is 0 Å². The fourth-order valence-electron chi connectivity index (χ4n) is 1.15. The van der Waals surface area contributed by atoms with E-state index in [1.807, 2.05) is 4.68 Å². The van der Waals surface area contributed by atoms with Crippen LogP contribution in [0.2, 0.25) is 0 Å². The van der Waals surface area contributed by atoms with Crippen LogP contribution in [0.1, 0.15) is 13.3 Å². The van der Waals surface area contributed by atoms with Crippen molar-refractivity contribution in [3.63, 3.8) is 0 Å². The predicted octanol–water partition coefficient (Wildman–Crippen LogP) is 0.482. The van der Waals surface area contributed by atoms with E-state index in [9.17, 15) is 0 Å². The van der Waals surface area contributed by atoms with Crippen LogP contribution in [0, 0.1) is 0 Å². The standard InChI is InChI=1S/C6H10N4/c1-5-2-3-10-6(9-5)7-4-8-10/h4-5H,2-3H2,1H3,(H,7,8,9)/t5-/m1/s1. The predicted molar refractivity (Wildman–Crippen MR) is 37.7 cm³/mol. The zero-order valence-electron chi connectivity index (χ0n) is 5.91. The SMILES string of the molecule is C[C@@H]1CCn2ncnc2N1. The maximum atomic E-state index is 4.05. The highest BCUT2D eigenvalue weighted by Gasteiger charge is 2.13. The average Bonchev–Trinajstić information content (AvgIpc) is 2.33. The fraction of sp³-hybridized carbons (Fsp3) is 0.667. The van der Waals surface area contributed by atoms with E-state index >= 15 is 0 Å². The Kier molecular flexibility index (Phi) is 1.12. The smallest absolute Gasteiger partial charge is 0.221 e. The normalized spacial score (nSPS) is 23.5. The zero-order valence-corrected chi connectivity index (χ0v) is 5.91. The number of anilines is 1. The molecule has 1 atom stereocenters. The summed E-state index contributed by atoms with van der Waals surface area (Å²) < 4.78 is 1.89. The molecule has 1 N–H and O–H groups in total. The monoisotopic (exact) mass is 138 g/mol. The second-order valence-corrected chi connectivity index (χ2v) is 2.64. The molecule has 0 aromatic carbocycles. The van der Waals surface area contributed by atoms with Gasteiger partial charge in [-0.1, -0.05) is 0 Å². The van der Waals surface area contributed by atoms with E-state index in [-0.39, 0.29) is 0 Å². The molecule has 0 unspecified atom stereocenters. The van der Waals surface area contributed by atoms with Crippen molar-refractivity contribution < 1.29 is 0 Å². The van der Waals surface area contributed by atoms with Gasteiger partial charge in [0.2, 0.25) is 5.95 Å². The molecule has 0 radical (unpaired) electrons. The number of hydrogen-bond donors (Lipinski definition) is 1. The van der Waals surface area contributed by atoms with Gasteiger partial charge < -0.3 is 5.32 Å². The highest BCUT2D eigenvalue weighted by atomic mass is 15.4. The first-order chi connectivity index (χ1) is 4.86. The third-order valence-electron chi connectivity index (χ3n) is 1.76. The van der Waals surface area contributed by atoms with Crippen LogP contribution in [0.15, 0.2) is 6.33 Å². The molecule has 2 heterocycles. The summed E-state index contributed by atoms with van der Waals surface area (Å²) in [5.41, 5.74) is 0. The van der Waals surface area contributed by atoms with Gasteiger partial charge in [0.1, 0.15) is 6.33 Å². The summed E-state index contributed by atoms with van der Waals surface area (Å²) in [6.07, 6.45) is 2.72. The van der Waals surface area contributed by atoms with Gasteiger partial charge in [-0.25, -0.2) is 4.68 Å². The van der Waals surface area contributed by atoms with Crippen molar-refractivity contribution in [2.75, 3.05) is 5.32 Å². The Balaban J connectivity index is 2.30. The molecule has 0 aliphatic carbocycles. The van der Waals surface area contributed by atoms with Crippen LogP contribution in [0.3, 0.4) is 0 Å². The van der Waals surface area contributed by atoms with E-state index in [1.165, 1.54) is 0 Å². The lowest BCUT2D eigenvalue weighted by Gasteiger charge is -2.20. The van der Waals surface area contributed by atoms with Crippen LogP contribution < -0.4 is 5.32 Å². The number of nitrogens with one attached hydrogen (secondary N) is 1. The maximum Gasteiger partial charge on any atom is 0.221 e. The highest BCUT2D eigenvalue weighted by molar-refractivity contribution is 5.26. The Hall–Kier alpha value is -1.06. The molecule has 1 aliphatic rings. The molecule has 10 heavy (non-hydrogen) atoms. The van der Waals surface area contributed by atoms with Crippen LogP contribution in [0.5, 0.6) is 0 Å². The van der Waals surface area contributed by atoms with Crippen molar-refractivity contribution in [3.05, 3.63) is 6.33 Å². The van der Waals surface area contributed by atoms with Gasteiger partial charge in [-0.05, 0) is 13.3 Å². The van der Waals surface area contributed by atoms with Crippen LogP contribution in [-0.2, 0) is 6.54 Å². The van der Waals surface area contributed by atoms with Gasteiger partial charge in [-0.2, -0.15) is 10.1 Å². The molecule has 0 saturated carbocycles. The topological polar surface area (TPSA) is 42.7 Å². The zero-order chi connectivity index (χ0) is 6.97. The summed E-state index contributed by atoms with van der Waals surface area (Å²) in [5, 5.41) is 7.26. The molecule has 0 bridgehead atoms. The van der Waals surface area contributed by atoms with E-state index < -0.39 is 0 Å². The number of aryl methyl sites for hydroxylation is 1. The van der Waals surface area contributed by atoms with Gasteiger partial charge in [0.05, 0.1) is 0 Å². The number of rotatable bonds is 0. The number of nitrogens with zero attached hydrogens (tertiary/aromatic N) is 3. The van der Waals surface area contributed by atoms with Crippen molar-refractivity contribution in [3.8, 4) is 0 Å². The molecule has 0 saturated heterocycles. The molecular formula is C6H10N4. The summed E-state index contributed by atoms with van der Waals surface area (Å²) in [7, 11) is 0. The summed E-state index contributed by atoms with van der Waals surface area (Å²) in [4.78, 5) is 4.05. The van der Waals surface area contributed by atoms with E-state index in [4.69, 9.17) is 0 Å². The van der Waals surface area contributed by atoms with E-state index in [1.54, 1.807) is 6.33 Å². The molecule has 0 spiro atoms. The maximum absolute atomic E-state index is 4.05. The molecule has 1 aromatic heterocycles. The van der Waals surface area contributed by atoms with Gasteiger partial charge in [0.15, 0.2) is 0 Å². The second kappa shape index (κ2) is 1.97. The highest BCUT2D eigenvalue weighted by Crippen LogP contribution is 2.12. The first-order valence-electron chi connectivity index (χ1n) is 3.50. The first-order valence-corrected chi connectivity index (χ1v) is 3.50. The quantitative estimate of drug-likeness (QED) is 0.567. The van der Waals surface area contributed by atoms with Crippen LogP contribution in [0.25, 0.3) is 0 Å². The lowest BCUT2D eigenvalue weighted by atomic mass is 10.2. The minimum absolute atomic E-state index is 0.539. The van der Waals surface area contributed by atoms with Gasteiger partial charge in [0, 0.05) is 12.6 Å². The summed E-state index contributed by atoms with van der Waals surface area (Å²) in [6.45, 7) is 3.14. The molecule has 4 nitrogen and oxygen atoms in total. The summed E-state index contributed by atoms with van der Waals surface area (Å²) in [6, 6.07) is 0.539. The average molecular weight is 138 g/mol. The van der Waals surface area contributed by atoms with E-state index in [0.717, 1.165) is 18.9 Å². The van der Waals surface area contributed by atoms with Crippen molar-refractivity contribution in [2.24, 2.45) is 0 Å². The van der Waals surface area contributed by atoms with Gasteiger partial charge >= 0.3 is 0 Å². The second-order valence-electron chi connectivity index (χ2n) is 2.64. The third kappa shape index (κ3) is 0.761. The van der Waals surface area contributed by atoms with Crippen molar-refractivity contribution >= 4 is 5.95 Å². The van der Waals surface area contributed by atoms with Crippen LogP contribution in [-0.4, -0.2) is 20.8 Å². The molecule has 0 fully saturated rings. The van der Waals surface area contributed by atoms with E-state index in [0.29, 0.717) is 6.04 Å². The molecule has 4 heteroatoms. The first kappa shape index (κ1) is 5.70. The van der Waals surface area contributed by atoms with Crippen LogP contribution in [0.4, 0.5) is 5.95 Å². The lowest BCUT2D eigenvalue weighted by Crippen LogP contribution is -2.26. The number of aromatic nitrogens is 3. The fourth-order valence-corrected chi connectivity index (χ4v) is 1.15. The summed E-state index contributed by atoms with van der Waals surface area (Å²) in [5.74, 6) is 0.902. The van der Waals surface area contributed by atoms with Crippen molar-refractivity contribution in [2.45, 2.75) is 25.9 Å². The lowest BCUT2D eigenvalue weighted by molar-refractivity contribution is 0.510. The minimum atomic E-state index is 0.539. The van der Waals surface area contributed by atoms with E-state index in [2.05, 4.69) is 22.3 Å². The minimum Gasteiger partial charge on any atom is -0.352 e. The number of fused-ring (bicyclic) bond motifs is 1. The van der Waals surface area contributed by atoms with Gasteiger partial charge in [0.25, 0.3) is 0 Å². The number of hydrogen-bond acceptors (Lipinski definition) is 3. The van der Waals surface area contributed by atoms with Crippen LogP contribution >= 0.6 is 0 Å². The Bertz CT molecular complexity index is 229. The molecular weight excluding hydrogens is 128 g/mol. The van der Waals surface area contributed by atoms with Gasteiger partial charge in [-0.3, -0.25) is 0 Å². The Morgan fingerprint density at radius 3 is 3.60 bits per heavy atom. The van der Waals surface area contributed by atoms with Crippen molar-refractivity contribution in [1.29, 1.82) is 0 Å². The third-order valence-corrected chi connectivity index (χ3v) is 1.76. The largest absolute Gasteiger partial charge is 0.352 e. The Morgan fingerprint density at radius 2 is 2.70 bits per heavy atom. The summed E-state index contributed by atoms with van der Waals surface area (Å²) >= 11 is 0. The molecule has 0 amide bonds. The Morgan fingerprint density at radius 1 is 1.80 bits per heavy atom. The molecule has 54 valence electrons. The molecule has 1 aromatic rings. The Labute approximate surface area is 59.3 Å². The molecule has 1 aliphatic heterocycles.